The van der Waals surface area contributed by atoms with Crippen LogP contribution in [0.5, 0.6) is 5.75 Å². The third kappa shape index (κ3) is 5.98. The third-order valence-corrected chi connectivity index (χ3v) is 6.94. The summed E-state index contributed by atoms with van der Waals surface area (Å²) in [5.74, 6) is -0.376. The first-order chi connectivity index (χ1) is 15.1. The second-order valence-corrected chi connectivity index (χ2v) is 10.6. The quantitative estimate of drug-likeness (QED) is 0.300. The van der Waals surface area contributed by atoms with Crippen LogP contribution in [0.15, 0.2) is 46.9 Å². The van der Waals surface area contributed by atoms with Crippen LogP contribution >= 0.6 is 51.1 Å². The fourth-order valence-electron chi connectivity index (χ4n) is 2.74. The van der Waals surface area contributed by atoms with Gasteiger partial charge in [-0.3, -0.25) is 25.8 Å². The van der Waals surface area contributed by atoms with Crippen molar-refractivity contribution >= 4 is 78.1 Å². The lowest BCUT2D eigenvalue weighted by Gasteiger charge is -2.20. The van der Waals surface area contributed by atoms with Crippen molar-refractivity contribution in [2.24, 2.45) is 0 Å². The highest BCUT2D eigenvalue weighted by atomic mass is 79.9. The summed E-state index contributed by atoms with van der Waals surface area (Å²) in [5.41, 5.74) is 6.02. The van der Waals surface area contributed by atoms with Crippen LogP contribution in [0, 0.1) is 0 Å². The summed E-state index contributed by atoms with van der Waals surface area (Å²) in [5, 5.41) is 3.61. The van der Waals surface area contributed by atoms with Gasteiger partial charge in [-0.25, -0.2) is 0 Å². The average molecular weight is 555 g/mol. The summed E-state index contributed by atoms with van der Waals surface area (Å²) < 4.78 is 7.21. The number of carbonyl (C=O) groups is 2. The van der Waals surface area contributed by atoms with Gasteiger partial charge < -0.3 is 4.74 Å². The SMILES string of the molecule is CC(C)(C)c1ccc(OCC(=O)NNC(=S)NC(=O)c2sc3ccccc3c2Cl)c(Br)c1. The predicted octanol–water partition coefficient (Wildman–Crippen LogP) is 5.33. The maximum absolute atomic E-state index is 12.5. The molecule has 2 aromatic carbocycles. The molecule has 3 aromatic rings. The van der Waals surface area contributed by atoms with Crippen molar-refractivity contribution in [3.8, 4) is 5.75 Å². The zero-order valence-corrected chi connectivity index (χ0v) is 21.5. The van der Waals surface area contributed by atoms with Gasteiger partial charge in [0.05, 0.1) is 9.50 Å². The number of benzene rings is 2. The second kappa shape index (κ2) is 10.2. The Bertz CT molecular complexity index is 1190. The molecule has 1 aromatic heterocycles. The Morgan fingerprint density at radius 1 is 1.16 bits per heavy atom. The number of nitrogens with one attached hydrogen (secondary N) is 3. The fourth-order valence-corrected chi connectivity index (χ4v) is 4.79. The zero-order valence-electron chi connectivity index (χ0n) is 17.5. The first-order valence-corrected chi connectivity index (χ1v) is 12.0. The molecule has 0 atom stereocenters. The number of thiocarbonyl (C=S) groups is 1. The largest absolute Gasteiger partial charge is 0.483 e. The first kappa shape index (κ1) is 24.4. The van der Waals surface area contributed by atoms with E-state index in [0.717, 1.165) is 20.1 Å². The minimum absolute atomic E-state index is 0.00252. The minimum Gasteiger partial charge on any atom is -0.483 e. The Morgan fingerprint density at radius 3 is 2.53 bits per heavy atom. The highest BCUT2D eigenvalue weighted by molar-refractivity contribution is 9.10. The first-order valence-electron chi connectivity index (χ1n) is 9.56. The number of thiophene rings is 1. The maximum atomic E-state index is 12.5. The van der Waals surface area contributed by atoms with Crippen molar-refractivity contribution in [3.63, 3.8) is 0 Å². The van der Waals surface area contributed by atoms with E-state index in [1.54, 1.807) is 0 Å². The third-order valence-electron chi connectivity index (χ3n) is 4.44. The molecule has 0 aliphatic heterocycles. The van der Waals surface area contributed by atoms with Crippen molar-refractivity contribution in [1.82, 2.24) is 16.2 Å². The number of halogens is 2. The standard InChI is InChI=1S/C22H21BrClN3O3S2/c1-22(2,3)12-8-9-15(14(23)10-12)30-11-17(28)26-27-21(31)25-20(29)19-18(24)13-6-4-5-7-16(13)32-19/h4-10H,11H2,1-3H3,(H,26,28)(H2,25,27,29,31). The average Bonchev–Trinajstić information content (AvgIpc) is 3.07. The number of ether oxygens (including phenoxy) is 1. The molecule has 3 N–H and O–H groups in total. The molecule has 0 saturated heterocycles. The second-order valence-electron chi connectivity index (χ2n) is 7.88. The summed E-state index contributed by atoms with van der Waals surface area (Å²) in [6.45, 7) is 6.11. The lowest BCUT2D eigenvalue weighted by Crippen LogP contribution is -2.49. The Balaban J connectivity index is 1.49. The van der Waals surface area contributed by atoms with Gasteiger partial charge in [0.1, 0.15) is 10.6 Å². The van der Waals surface area contributed by atoms with Crippen LogP contribution in [0.1, 0.15) is 36.0 Å². The number of hydrazine groups is 1. The molecule has 0 saturated carbocycles. The molecule has 0 radical (unpaired) electrons. The van der Waals surface area contributed by atoms with E-state index in [-0.39, 0.29) is 17.1 Å². The number of fused-ring (bicyclic) bond motifs is 1. The Kier molecular flexibility index (Phi) is 7.76. The van der Waals surface area contributed by atoms with Crippen LogP contribution in [-0.4, -0.2) is 23.5 Å². The maximum Gasteiger partial charge on any atom is 0.276 e. The molecular formula is C22H21BrClN3O3S2. The lowest BCUT2D eigenvalue weighted by atomic mass is 9.87. The molecule has 0 fully saturated rings. The van der Waals surface area contributed by atoms with E-state index in [0.29, 0.717) is 15.6 Å². The van der Waals surface area contributed by atoms with Crippen LogP contribution in [0.25, 0.3) is 10.1 Å². The van der Waals surface area contributed by atoms with Gasteiger partial charge >= 0.3 is 0 Å². The summed E-state index contributed by atoms with van der Waals surface area (Å²) >= 11 is 16.1. The minimum atomic E-state index is -0.465. The van der Waals surface area contributed by atoms with E-state index in [9.17, 15) is 9.59 Å². The lowest BCUT2D eigenvalue weighted by molar-refractivity contribution is -0.123. The van der Waals surface area contributed by atoms with E-state index >= 15 is 0 Å². The normalized spacial score (nSPS) is 11.2. The van der Waals surface area contributed by atoms with Gasteiger partial charge in [0.15, 0.2) is 11.7 Å². The number of hydrogen-bond donors (Lipinski definition) is 3. The Labute approximate surface area is 208 Å². The molecule has 2 amide bonds. The molecule has 0 bridgehead atoms. The molecule has 0 aliphatic carbocycles. The van der Waals surface area contributed by atoms with Crippen molar-refractivity contribution in [1.29, 1.82) is 0 Å². The van der Waals surface area contributed by atoms with Crippen LogP contribution in [0.2, 0.25) is 5.02 Å². The van der Waals surface area contributed by atoms with E-state index in [4.69, 9.17) is 28.6 Å². The molecule has 0 aliphatic rings. The predicted molar refractivity (Wildman–Crippen MR) is 137 cm³/mol. The molecular weight excluding hydrogens is 534 g/mol. The molecule has 0 spiro atoms. The Morgan fingerprint density at radius 2 is 1.88 bits per heavy atom. The Hall–Kier alpha value is -2.20. The van der Waals surface area contributed by atoms with Gasteiger partial charge in [0.2, 0.25) is 0 Å². The number of rotatable bonds is 4. The molecule has 168 valence electrons. The van der Waals surface area contributed by atoms with Crippen molar-refractivity contribution in [2.45, 2.75) is 26.2 Å². The highest BCUT2D eigenvalue weighted by Crippen LogP contribution is 2.35. The fraction of sp³-hybridized carbons (Fsp3) is 0.227. The van der Waals surface area contributed by atoms with Gasteiger partial charge in [0.25, 0.3) is 11.8 Å². The zero-order chi connectivity index (χ0) is 23.5. The number of amides is 2. The highest BCUT2D eigenvalue weighted by Gasteiger charge is 2.18. The van der Waals surface area contributed by atoms with Gasteiger partial charge in [-0.05, 0) is 57.3 Å². The summed E-state index contributed by atoms with van der Waals surface area (Å²) in [4.78, 5) is 24.9. The van der Waals surface area contributed by atoms with Gasteiger partial charge in [-0.2, -0.15) is 0 Å². The smallest absolute Gasteiger partial charge is 0.276 e. The van der Waals surface area contributed by atoms with Crippen molar-refractivity contribution in [2.75, 3.05) is 6.61 Å². The molecule has 0 unspecified atom stereocenters. The molecule has 32 heavy (non-hydrogen) atoms. The number of carbonyl (C=O) groups excluding carboxylic acids is 2. The summed E-state index contributed by atoms with van der Waals surface area (Å²) in [7, 11) is 0. The van der Waals surface area contributed by atoms with Crippen LogP contribution in [0.4, 0.5) is 0 Å². The topological polar surface area (TPSA) is 79.5 Å². The van der Waals surface area contributed by atoms with Gasteiger partial charge in [-0.15, -0.1) is 11.3 Å². The molecule has 6 nitrogen and oxygen atoms in total. The molecule has 10 heteroatoms. The summed E-state index contributed by atoms with van der Waals surface area (Å²) in [6.07, 6.45) is 0. The van der Waals surface area contributed by atoms with Gasteiger partial charge in [-0.1, -0.05) is 56.6 Å². The van der Waals surface area contributed by atoms with E-state index < -0.39 is 11.8 Å². The van der Waals surface area contributed by atoms with Crippen LogP contribution in [-0.2, 0) is 10.2 Å². The van der Waals surface area contributed by atoms with Crippen molar-refractivity contribution in [3.05, 3.63) is 62.4 Å². The van der Waals surface area contributed by atoms with E-state index in [1.165, 1.54) is 11.3 Å². The van der Waals surface area contributed by atoms with Crippen molar-refractivity contribution < 1.29 is 14.3 Å². The molecule has 1 heterocycles. The van der Waals surface area contributed by atoms with E-state index in [1.807, 2.05) is 42.5 Å². The van der Waals surface area contributed by atoms with Crippen LogP contribution < -0.4 is 20.9 Å². The number of hydrogen-bond acceptors (Lipinski definition) is 5. The molecule has 3 rings (SSSR count). The van der Waals surface area contributed by atoms with E-state index in [2.05, 4.69) is 52.9 Å². The van der Waals surface area contributed by atoms with Gasteiger partial charge in [0, 0.05) is 10.1 Å². The summed E-state index contributed by atoms with van der Waals surface area (Å²) in [6, 6.07) is 13.2. The monoisotopic (exact) mass is 553 g/mol. The van der Waals surface area contributed by atoms with Crippen LogP contribution in [0.3, 0.4) is 0 Å².